The Morgan fingerprint density at radius 1 is 1.50 bits per heavy atom. The largest absolute Gasteiger partial charge is 0.482 e. The van der Waals surface area contributed by atoms with Crippen molar-refractivity contribution >= 4 is 39.4 Å². The second-order valence-electron chi connectivity index (χ2n) is 4.53. The summed E-state index contributed by atoms with van der Waals surface area (Å²) in [6.07, 6.45) is 0.486. The predicted octanol–water partition coefficient (Wildman–Crippen LogP) is 2.41. The molecule has 0 aromatic heterocycles. The molecule has 1 aromatic carbocycles. The molecule has 0 spiro atoms. The Morgan fingerprint density at radius 3 is 2.85 bits per heavy atom. The lowest BCUT2D eigenvalue weighted by molar-refractivity contribution is -0.141. The van der Waals surface area contributed by atoms with Crippen LogP contribution in [0.5, 0.6) is 5.75 Å². The number of hydrogen-bond donors (Lipinski definition) is 1. The number of ether oxygens (including phenoxy) is 1. The smallest absolute Gasteiger partial charge is 0.308 e. The molecule has 1 heterocycles. The first-order chi connectivity index (χ1) is 9.47. The fraction of sp³-hybridized carbons (Fsp3) is 0.385. The zero-order valence-electron chi connectivity index (χ0n) is 10.5. The molecule has 1 unspecified atom stereocenters. The number of carboxylic acid groups (broad SMARTS) is 1. The normalized spacial score (nSPS) is 18.1. The molecule has 0 aliphatic carbocycles. The van der Waals surface area contributed by atoms with Crippen LogP contribution in [0.3, 0.4) is 0 Å². The van der Waals surface area contributed by atoms with E-state index in [2.05, 4.69) is 15.9 Å². The molecule has 20 heavy (non-hydrogen) atoms. The van der Waals surface area contributed by atoms with Crippen molar-refractivity contribution in [2.45, 2.75) is 6.42 Å². The maximum absolute atomic E-state index is 11.9. The SMILES string of the molecule is O=C(O)C1CCN(C(=O)COc2ccc(Br)cc2Cl)C1. The van der Waals surface area contributed by atoms with Crippen LogP contribution in [-0.4, -0.2) is 41.6 Å². The molecule has 1 aliphatic rings. The van der Waals surface area contributed by atoms with E-state index in [-0.39, 0.29) is 19.1 Å². The Kier molecular flexibility index (Phi) is 4.88. The minimum atomic E-state index is -0.864. The number of nitrogens with zero attached hydrogens (tertiary/aromatic N) is 1. The topological polar surface area (TPSA) is 66.8 Å². The third kappa shape index (κ3) is 3.64. The first-order valence-electron chi connectivity index (χ1n) is 6.06. The molecule has 1 N–H and O–H groups in total. The lowest BCUT2D eigenvalue weighted by atomic mass is 10.1. The first kappa shape index (κ1) is 15.1. The highest BCUT2D eigenvalue weighted by molar-refractivity contribution is 9.10. The molecule has 1 amide bonds. The second-order valence-corrected chi connectivity index (χ2v) is 5.85. The van der Waals surface area contributed by atoms with Gasteiger partial charge in [-0.15, -0.1) is 0 Å². The molecule has 1 fully saturated rings. The van der Waals surface area contributed by atoms with E-state index in [0.717, 1.165) is 4.47 Å². The van der Waals surface area contributed by atoms with Gasteiger partial charge in [-0.05, 0) is 24.6 Å². The van der Waals surface area contributed by atoms with Gasteiger partial charge in [0.05, 0.1) is 10.9 Å². The van der Waals surface area contributed by atoms with Crippen LogP contribution in [0.25, 0.3) is 0 Å². The summed E-state index contributed by atoms with van der Waals surface area (Å²) >= 11 is 9.26. The van der Waals surface area contributed by atoms with Crippen molar-refractivity contribution in [1.82, 2.24) is 4.90 Å². The molecule has 2 rings (SSSR count). The van der Waals surface area contributed by atoms with Gasteiger partial charge in [-0.25, -0.2) is 0 Å². The number of carbonyl (C=O) groups is 2. The number of rotatable bonds is 4. The summed E-state index contributed by atoms with van der Waals surface area (Å²) in [5, 5.41) is 9.31. The lowest BCUT2D eigenvalue weighted by Gasteiger charge is -2.16. The zero-order valence-corrected chi connectivity index (χ0v) is 12.9. The van der Waals surface area contributed by atoms with E-state index in [1.165, 1.54) is 4.90 Å². The summed E-state index contributed by atoms with van der Waals surface area (Å²) in [6, 6.07) is 5.11. The molecule has 0 saturated carbocycles. The lowest BCUT2D eigenvalue weighted by Crippen LogP contribution is -2.33. The fourth-order valence-electron chi connectivity index (χ4n) is 2.01. The van der Waals surface area contributed by atoms with Gasteiger partial charge < -0.3 is 14.7 Å². The Labute approximate surface area is 129 Å². The van der Waals surface area contributed by atoms with Crippen molar-refractivity contribution in [3.05, 3.63) is 27.7 Å². The van der Waals surface area contributed by atoms with Gasteiger partial charge in [0.1, 0.15) is 5.75 Å². The maximum Gasteiger partial charge on any atom is 0.308 e. The van der Waals surface area contributed by atoms with Gasteiger partial charge in [0.25, 0.3) is 5.91 Å². The van der Waals surface area contributed by atoms with Crippen LogP contribution in [0.15, 0.2) is 22.7 Å². The highest BCUT2D eigenvalue weighted by Gasteiger charge is 2.30. The molecular weight excluding hydrogens is 350 g/mol. The summed E-state index contributed by atoms with van der Waals surface area (Å²) in [4.78, 5) is 24.3. The second kappa shape index (κ2) is 6.45. The molecule has 1 aromatic rings. The average molecular weight is 363 g/mol. The standard InChI is InChI=1S/C13H13BrClNO4/c14-9-1-2-11(10(15)5-9)20-7-12(17)16-4-3-8(6-16)13(18)19/h1-2,5,8H,3-4,6-7H2,(H,18,19). The van der Waals surface area contributed by atoms with E-state index >= 15 is 0 Å². The van der Waals surface area contributed by atoms with Crippen LogP contribution >= 0.6 is 27.5 Å². The van der Waals surface area contributed by atoms with Crippen LogP contribution in [0.4, 0.5) is 0 Å². The summed E-state index contributed by atoms with van der Waals surface area (Å²) < 4.78 is 6.19. The van der Waals surface area contributed by atoms with Gasteiger partial charge in [-0.1, -0.05) is 27.5 Å². The van der Waals surface area contributed by atoms with Crippen LogP contribution in [-0.2, 0) is 9.59 Å². The van der Waals surface area contributed by atoms with Crippen molar-refractivity contribution in [2.75, 3.05) is 19.7 Å². The number of likely N-dealkylation sites (tertiary alicyclic amines) is 1. The third-order valence-corrected chi connectivity index (χ3v) is 3.92. The van der Waals surface area contributed by atoms with E-state index in [9.17, 15) is 9.59 Å². The summed E-state index contributed by atoms with van der Waals surface area (Å²) in [7, 11) is 0. The van der Waals surface area contributed by atoms with E-state index in [4.69, 9.17) is 21.4 Å². The third-order valence-electron chi connectivity index (χ3n) is 3.14. The molecule has 108 valence electrons. The van der Waals surface area contributed by atoms with Crippen molar-refractivity contribution < 1.29 is 19.4 Å². The number of hydrogen-bond acceptors (Lipinski definition) is 3. The minimum absolute atomic E-state index is 0.145. The van der Waals surface area contributed by atoms with Gasteiger partial charge in [0.2, 0.25) is 0 Å². The maximum atomic E-state index is 11.9. The van der Waals surface area contributed by atoms with Crippen LogP contribution < -0.4 is 4.74 Å². The minimum Gasteiger partial charge on any atom is -0.482 e. The summed E-state index contributed by atoms with van der Waals surface area (Å²) in [5.74, 6) is -1.14. The number of aliphatic carboxylic acids is 1. The van der Waals surface area contributed by atoms with Crippen LogP contribution in [0, 0.1) is 5.92 Å². The number of benzene rings is 1. The van der Waals surface area contributed by atoms with Gasteiger partial charge >= 0.3 is 5.97 Å². The van der Waals surface area contributed by atoms with E-state index in [1.807, 2.05) is 0 Å². The van der Waals surface area contributed by atoms with Crippen LogP contribution in [0.2, 0.25) is 5.02 Å². The average Bonchev–Trinajstić information content (AvgIpc) is 2.87. The van der Waals surface area contributed by atoms with Crippen molar-refractivity contribution in [2.24, 2.45) is 5.92 Å². The Morgan fingerprint density at radius 2 is 2.25 bits per heavy atom. The van der Waals surface area contributed by atoms with Crippen LogP contribution in [0.1, 0.15) is 6.42 Å². The molecule has 0 radical (unpaired) electrons. The number of carboxylic acids is 1. The van der Waals surface area contributed by atoms with E-state index in [1.54, 1.807) is 18.2 Å². The molecular formula is C13H13BrClNO4. The van der Waals surface area contributed by atoms with E-state index < -0.39 is 11.9 Å². The van der Waals surface area contributed by atoms with Gasteiger partial charge in [0.15, 0.2) is 6.61 Å². The quantitative estimate of drug-likeness (QED) is 0.893. The molecule has 5 nitrogen and oxygen atoms in total. The first-order valence-corrected chi connectivity index (χ1v) is 7.23. The zero-order chi connectivity index (χ0) is 14.7. The Balaban J connectivity index is 1.88. The summed E-state index contributed by atoms with van der Waals surface area (Å²) in [6.45, 7) is 0.548. The molecule has 1 atom stereocenters. The van der Waals surface area contributed by atoms with Gasteiger partial charge in [-0.3, -0.25) is 9.59 Å². The Bertz CT molecular complexity index is 537. The Hall–Kier alpha value is -1.27. The molecule has 1 aliphatic heterocycles. The molecule has 1 saturated heterocycles. The predicted molar refractivity (Wildman–Crippen MR) is 77.0 cm³/mol. The van der Waals surface area contributed by atoms with E-state index in [0.29, 0.717) is 23.7 Å². The van der Waals surface area contributed by atoms with Gasteiger partial charge in [-0.2, -0.15) is 0 Å². The highest BCUT2D eigenvalue weighted by atomic mass is 79.9. The van der Waals surface area contributed by atoms with Gasteiger partial charge in [0, 0.05) is 17.6 Å². The highest BCUT2D eigenvalue weighted by Crippen LogP contribution is 2.27. The fourth-order valence-corrected chi connectivity index (χ4v) is 2.74. The van der Waals surface area contributed by atoms with Crippen molar-refractivity contribution in [3.63, 3.8) is 0 Å². The van der Waals surface area contributed by atoms with Crippen molar-refractivity contribution in [3.8, 4) is 5.75 Å². The summed E-state index contributed by atoms with van der Waals surface area (Å²) in [5.41, 5.74) is 0. The molecule has 7 heteroatoms. The number of carbonyl (C=O) groups excluding carboxylic acids is 1. The number of amides is 1. The number of halogens is 2. The monoisotopic (exact) mass is 361 g/mol. The molecule has 0 bridgehead atoms. The van der Waals surface area contributed by atoms with Crippen molar-refractivity contribution in [1.29, 1.82) is 0 Å².